The number of nitrogens with one attached hydrogen (secondary N) is 1. The highest BCUT2D eigenvalue weighted by atomic mass is 32.2. The molecule has 1 aromatic rings. The van der Waals surface area contributed by atoms with E-state index in [1.807, 2.05) is 18.8 Å². The second-order valence-electron chi connectivity index (χ2n) is 4.61. The predicted octanol–water partition coefficient (Wildman–Crippen LogP) is 1.62. The molecule has 1 fully saturated rings. The molecule has 1 amide bonds. The van der Waals surface area contributed by atoms with Gasteiger partial charge in [0, 0.05) is 24.5 Å². The van der Waals surface area contributed by atoms with Gasteiger partial charge in [-0.2, -0.15) is 11.8 Å². The second-order valence-corrected chi connectivity index (χ2v) is 5.75. The van der Waals surface area contributed by atoms with Gasteiger partial charge in [-0.15, -0.1) is 0 Å². The van der Waals surface area contributed by atoms with Crippen molar-refractivity contribution in [3.63, 3.8) is 0 Å². The summed E-state index contributed by atoms with van der Waals surface area (Å²) in [6.07, 6.45) is 7.24. The SMILES string of the molecule is CSC1CCC(NC(=O)c2cc(N)cn2C)C1. The first-order valence-corrected chi connectivity index (χ1v) is 7.14. The Morgan fingerprint density at radius 1 is 1.59 bits per heavy atom. The number of rotatable bonds is 3. The molecule has 0 saturated heterocycles. The van der Waals surface area contributed by atoms with Crippen LogP contribution in [0.2, 0.25) is 0 Å². The normalized spacial score (nSPS) is 23.9. The van der Waals surface area contributed by atoms with Crippen LogP contribution in [0.25, 0.3) is 0 Å². The van der Waals surface area contributed by atoms with Gasteiger partial charge in [-0.25, -0.2) is 0 Å². The number of anilines is 1. The molecule has 1 aliphatic carbocycles. The lowest BCUT2D eigenvalue weighted by Gasteiger charge is -2.13. The molecule has 1 saturated carbocycles. The minimum atomic E-state index is -0.0176. The molecule has 4 nitrogen and oxygen atoms in total. The van der Waals surface area contributed by atoms with Gasteiger partial charge in [0.1, 0.15) is 5.69 Å². The standard InChI is InChI=1S/C12H19N3OS/c1-15-7-8(13)5-11(15)12(16)14-9-3-4-10(6-9)17-2/h5,7,9-10H,3-4,6,13H2,1-2H3,(H,14,16). The van der Waals surface area contributed by atoms with Crippen LogP contribution in [0.15, 0.2) is 12.3 Å². The number of aromatic nitrogens is 1. The van der Waals surface area contributed by atoms with E-state index < -0.39 is 0 Å². The minimum absolute atomic E-state index is 0.0176. The Morgan fingerprint density at radius 3 is 2.88 bits per heavy atom. The number of amides is 1. The summed E-state index contributed by atoms with van der Waals surface area (Å²) in [5, 5.41) is 3.78. The first kappa shape index (κ1) is 12.4. The molecule has 94 valence electrons. The van der Waals surface area contributed by atoms with Gasteiger partial charge in [-0.05, 0) is 31.6 Å². The summed E-state index contributed by atoms with van der Waals surface area (Å²) in [5.74, 6) is -0.0176. The first-order chi connectivity index (χ1) is 8.10. The van der Waals surface area contributed by atoms with E-state index in [1.165, 1.54) is 6.42 Å². The number of hydrogen-bond donors (Lipinski definition) is 2. The van der Waals surface area contributed by atoms with Crippen LogP contribution in [0.3, 0.4) is 0 Å². The van der Waals surface area contributed by atoms with Gasteiger partial charge < -0.3 is 15.6 Å². The van der Waals surface area contributed by atoms with Crippen LogP contribution < -0.4 is 11.1 Å². The summed E-state index contributed by atoms with van der Waals surface area (Å²) >= 11 is 1.89. The number of nitrogens with two attached hydrogens (primary N) is 1. The summed E-state index contributed by atoms with van der Waals surface area (Å²) in [6.45, 7) is 0. The van der Waals surface area contributed by atoms with E-state index in [-0.39, 0.29) is 5.91 Å². The van der Waals surface area contributed by atoms with Crippen molar-refractivity contribution >= 4 is 23.4 Å². The van der Waals surface area contributed by atoms with Crippen molar-refractivity contribution in [2.75, 3.05) is 12.0 Å². The van der Waals surface area contributed by atoms with E-state index >= 15 is 0 Å². The zero-order valence-electron chi connectivity index (χ0n) is 10.3. The van der Waals surface area contributed by atoms with Gasteiger partial charge in [0.05, 0.1) is 5.69 Å². The molecular weight excluding hydrogens is 234 g/mol. The Hall–Kier alpha value is -1.10. The summed E-state index contributed by atoms with van der Waals surface area (Å²) in [7, 11) is 1.84. The highest BCUT2D eigenvalue weighted by molar-refractivity contribution is 7.99. The number of nitrogen functional groups attached to an aromatic ring is 1. The van der Waals surface area contributed by atoms with Gasteiger partial charge in [0.2, 0.25) is 0 Å². The van der Waals surface area contributed by atoms with Gasteiger partial charge in [0.25, 0.3) is 5.91 Å². The number of nitrogens with zero attached hydrogens (tertiary/aromatic N) is 1. The number of thioether (sulfide) groups is 1. The Balaban J connectivity index is 1.96. The van der Waals surface area contributed by atoms with Crippen LogP contribution in [0, 0.1) is 0 Å². The van der Waals surface area contributed by atoms with E-state index in [2.05, 4.69) is 11.6 Å². The quantitative estimate of drug-likeness (QED) is 0.860. The molecule has 0 aromatic carbocycles. The zero-order valence-corrected chi connectivity index (χ0v) is 11.1. The van der Waals surface area contributed by atoms with Crippen LogP contribution >= 0.6 is 11.8 Å². The largest absolute Gasteiger partial charge is 0.397 e. The summed E-state index contributed by atoms with van der Waals surface area (Å²) in [5.41, 5.74) is 6.93. The number of hydrogen-bond acceptors (Lipinski definition) is 3. The Morgan fingerprint density at radius 2 is 2.35 bits per heavy atom. The average molecular weight is 253 g/mol. The molecule has 1 aliphatic rings. The van der Waals surface area contributed by atoms with Crippen LogP contribution in [0.5, 0.6) is 0 Å². The third-order valence-electron chi connectivity index (χ3n) is 3.31. The lowest BCUT2D eigenvalue weighted by atomic mass is 10.2. The van der Waals surface area contributed by atoms with E-state index in [0.717, 1.165) is 12.8 Å². The number of carbonyl (C=O) groups excluding carboxylic acids is 1. The minimum Gasteiger partial charge on any atom is -0.397 e. The van der Waals surface area contributed by atoms with E-state index in [0.29, 0.717) is 22.7 Å². The smallest absolute Gasteiger partial charge is 0.268 e. The van der Waals surface area contributed by atoms with Crippen molar-refractivity contribution in [3.8, 4) is 0 Å². The summed E-state index contributed by atoms with van der Waals surface area (Å²) in [6, 6.07) is 2.03. The third-order valence-corrected chi connectivity index (χ3v) is 4.41. The molecule has 2 unspecified atom stereocenters. The molecule has 3 N–H and O–H groups in total. The van der Waals surface area contributed by atoms with Crippen LogP contribution in [-0.4, -0.2) is 28.0 Å². The van der Waals surface area contributed by atoms with E-state index in [9.17, 15) is 4.79 Å². The van der Waals surface area contributed by atoms with Crippen LogP contribution in [0.4, 0.5) is 5.69 Å². The second kappa shape index (κ2) is 5.04. The Bertz CT molecular complexity index is 416. The summed E-state index contributed by atoms with van der Waals surface area (Å²) < 4.78 is 1.77. The van der Waals surface area contributed by atoms with Gasteiger partial charge in [-0.3, -0.25) is 4.79 Å². The molecule has 1 heterocycles. The number of aryl methyl sites for hydroxylation is 1. The monoisotopic (exact) mass is 253 g/mol. The molecule has 2 atom stereocenters. The van der Waals surface area contributed by atoms with Crippen LogP contribution in [-0.2, 0) is 7.05 Å². The van der Waals surface area contributed by atoms with Crippen LogP contribution in [0.1, 0.15) is 29.8 Å². The number of carbonyl (C=O) groups is 1. The fourth-order valence-electron chi connectivity index (χ4n) is 2.36. The maximum absolute atomic E-state index is 12.0. The molecule has 0 bridgehead atoms. The Labute approximate surface area is 106 Å². The lowest BCUT2D eigenvalue weighted by molar-refractivity contribution is 0.0930. The molecule has 5 heteroatoms. The lowest BCUT2D eigenvalue weighted by Crippen LogP contribution is -2.34. The molecule has 0 spiro atoms. The molecular formula is C12H19N3OS. The topological polar surface area (TPSA) is 60.1 Å². The van der Waals surface area contributed by atoms with Crippen molar-refractivity contribution in [2.24, 2.45) is 7.05 Å². The Kier molecular flexibility index (Phi) is 3.66. The molecule has 17 heavy (non-hydrogen) atoms. The first-order valence-electron chi connectivity index (χ1n) is 5.85. The van der Waals surface area contributed by atoms with Crippen molar-refractivity contribution < 1.29 is 4.79 Å². The molecule has 2 rings (SSSR count). The van der Waals surface area contributed by atoms with Crippen molar-refractivity contribution in [1.82, 2.24) is 9.88 Å². The molecule has 1 aromatic heterocycles. The predicted molar refractivity (Wildman–Crippen MR) is 72.2 cm³/mol. The fourth-order valence-corrected chi connectivity index (χ4v) is 3.16. The maximum atomic E-state index is 12.0. The highest BCUT2D eigenvalue weighted by Gasteiger charge is 2.26. The maximum Gasteiger partial charge on any atom is 0.268 e. The summed E-state index contributed by atoms with van der Waals surface area (Å²) in [4.78, 5) is 12.0. The molecule has 0 aliphatic heterocycles. The average Bonchev–Trinajstić information content (AvgIpc) is 2.85. The van der Waals surface area contributed by atoms with Crippen molar-refractivity contribution in [3.05, 3.63) is 18.0 Å². The van der Waals surface area contributed by atoms with Gasteiger partial charge in [-0.1, -0.05) is 0 Å². The molecule has 0 radical (unpaired) electrons. The fraction of sp³-hybridized carbons (Fsp3) is 0.583. The van der Waals surface area contributed by atoms with Gasteiger partial charge >= 0.3 is 0 Å². The highest BCUT2D eigenvalue weighted by Crippen LogP contribution is 2.28. The van der Waals surface area contributed by atoms with Gasteiger partial charge in [0.15, 0.2) is 0 Å². The third kappa shape index (κ3) is 2.77. The van der Waals surface area contributed by atoms with E-state index in [4.69, 9.17) is 5.73 Å². The van der Waals surface area contributed by atoms with Crippen molar-refractivity contribution in [1.29, 1.82) is 0 Å². The van der Waals surface area contributed by atoms with E-state index in [1.54, 1.807) is 16.8 Å². The van der Waals surface area contributed by atoms with Crippen molar-refractivity contribution in [2.45, 2.75) is 30.6 Å². The zero-order chi connectivity index (χ0) is 12.4.